The highest BCUT2D eigenvalue weighted by Gasteiger charge is 2.22. The van der Waals surface area contributed by atoms with Crippen molar-refractivity contribution in [1.82, 2.24) is 0 Å². The topological polar surface area (TPSA) is 119 Å². The molecule has 0 unspecified atom stereocenters. The molecule has 0 radical (unpaired) electrons. The molecule has 0 aliphatic rings. The van der Waals surface area contributed by atoms with Gasteiger partial charge in [-0.15, -0.1) is 0 Å². The molecule has 0 amide bonds. The Hall–Kier alpha value is -1.47. The lowest BCUT2D eigenvalue weighted by molar-refractivity contribution is -0.161. The standard InChI is InChI=1S/C38H71O8P/c1-3-5-7-9-11-13-15-16-17-18-19-20-21-22-23-25-27-29-31-33-38(40)46-36(35-45-47(41,42)43)34-44-37(39)32-30-28-26-24-14-12-10-8-6-4-2/h11,13,16-17,36H,3-10,12,14-15,18-35H2,1-2H3,(H2,41,42,43)/b13-11-,17-16-/t36-/m1/s1. The van der Waals surface area contributed by atoms with E-state index in [1.54, 1.807) is 0 Å². The third kappa shape index (κ3) is 37.2. The van der Waals surface area contributed by atoms with Gasteiger partial charge in [0.1, 0.15) is 6.61 Å². The van der Waals surface area contributed by atoms with Gasteiger partial charge in [0.2, 0.25) is 0 Å². The van der Waals surface area contributed by atoms with Crippen molar-refractivity contribution in [3.05, 3.63) is 24.3 Å². The van der Waals surface area contributed by atoms with Crippen LogP contribution in [0.25, 0.3) is 0 Å². The van der Waals surface area contributed by atoms with E-state index in [2.05, 4.69) is 42.7 Å². The molecule has 0 rings (SSSR count). The minimum atomic E-state index is -4.74. The Labute approximate surface area is 288 Å². The van der Waals surface area contributed by atoms with Gasteiger partial charge in [-0.05, 0) is 44.9 Å². The summed E-state index contributed by atoms with van der Waals surface area (Å²) >= 11 is 0. The summed E-state index contributed by atoms with van der Waals surface area (Å²) in [5.41, 5.74) is 0. The van der Waals surface area contributed by atoms with E-state index in [1.807, 2.05) is 0 Å². The predicted molar refractivity (Wildman–Crippen MR) is 193 cm³/mol. The van der Waals surface area contributed by atoms with E-state index in [9.17, 15) is 14.2 Å². The Morgan fingerprint density at radius 2 is 0.957 bits per heavy atom. The number of phosphoric acid groups is 1. The van der Waals surface area contributed by atoms with Gasteiger partial charge in [-0.1, -0.05) is 154 Å². The van der Waals surface area contributed by atoms with Crippen molar-refractivity contribution in [1.29, 1.82) is 0 Å². The first-order valence-corrected chi connectivity index (χ1v) is 20.7. The summed E-state index contributed by atoms with van der Waals surface area (Å²) in [6, 6.07) is 0. The summed E-state index contributed by atoms with van der Waals surface area (Å²) in [5, 5.41) is 0. The first-order chi connectivity index (χ1) is 22.8. The molecule has 1 atom stereocenters. The number of ether oxygens (including phenoxy) is 2. The van der Waals surface area contributed by atoms with Crippen LogP contribution in [0, 0.1) is 0 Å². The zero-order chi connectivity index (χ0) is 34.7. The Balaban J connectivity index is 3.91. The van der Waals surface area contributed by atoms with E-state index in [1.165, 1.54) is 103 Å². The summed E-state index contributed by atoms with van der Waals surface area (Å²) in [6.07, 6.45) is 37.6. The normalized spacial score (nSPS) is 12.7. The van der Waals surface area contributed by atoms with E-state index in [4.69, 9.17) is 19.3 Å². The van der Waals surface area contributed by atoms with Crippen LogP contribution in [0.4, 0.5) is 0 Å². The van der Waals surface area contributed by atoms with Gasteiger partial charge in [0, 0.05) is 12.8 Å². The number of esters is 2. The zero-order valence-corrected chi connectivity index (χ0v) is 31.1. The molecule has 276 valence electrons. The van der Waals surface area contributed by atoms with E-state index in [-0.39, 0.29) is 19.4 Å². The molecule has 0 saturated heterocycles. The summed E-state index contributed by atoms with van der Waals surface area (Å²) in [7, 11) is -4.74. The van der Waals surface area contributed by atoms with E-state index < -0.39 is 32.5 Å². The molecule has 2 N–H and O–H groups in total. The largest absolute Gasteiger partial charge is 0.469 e. The molecule has 0 heterocycles. The monoisotopic (exact) mass is 686 g/mol. The highest BCUT2D eigenvalue weighted by molar-refractivity contribution is 7.46. The zero-order valence-electron chi connectivity index (χ0n) is 30.2. The molecule has 47 heavy (non-hydrogen) atoms. The van der Waals surface area contributed by atoms with Gasteiger partial charge in [0.25, 0.3) is 0 Å². The highest BCUT2D eigenvalue weighted by Crippen LogP contribution is 2.36. The fourth-order valence-electron chi connectivity index (χ4n) is 5.34. The summed E-state index contributed by atoms with van der Waals surface area (Å²) in [6.45, 7) is 3.64. The third-order valence-electron chi connectivity index (χ3n) is 8.22. The summed E-state index contributed by atoms with van der Waals surface area (Å²) in [5.74, 6) is -0.887. The molecule has 0 aliphatic carbocycles. The van der Waals surface area contributed by atoms with Crippen LogP contribution in [0.3, 0.4) is 0 Å². The van der Waals surface area contributed by atoms with Crippen molar-refractivity contribution in [2.45, 2.75) is 193 Å². The van der Waals surface area contributed by atoms with Gasteiger partial charge < -0.3 is 19.3 Å². The number of unbranched alkanes of at least 4 members (excludes halogenated alkanes) is 21. The first-order valence-electron chi connectivity index (χ1n) is 19.1. The Kier molecular flexibility index (Phi) is 33.3. The van der Waals surface area contributed by atoms with Gasteiger partial charge >= 0.3 is 19.8 Å². The van der Waals surface area contributed by atoms with Gasteiger partial charge in [-0.3, -0.25) is 14.1 Å². The smallest absolute Gasteiger partial charge is 0.462 e. The molecule has 9 heteroatoms. The van der Waals surface area contributed by atoms with Crippen molar-refractivity contribution >= 4 is 19.8 Å². The average molecular weight is 687 g/mol. The van der Waals surface area contributed by atoms with Crippen molar-refractivity contribution in [3.63, 3.8) is 0 Å². The van der Waals surface area contributed by atoms with Gasteiger partial charge in [-0.25, -0.2) is 4.57 Å². The minimum Gasteiger partial charge on any atom is -0.462 e. The van der Waals surface area contributed by atoms with Crippen molar-refractivity contribution in [3.8, 4) is 0 Å². The molecular weight excluding hydrogens is 615 g/mol. The molecule has 0 bridgehead atoms. The molecule has 0 aromatic carbocycles. The number of carbonyl (C=O) groups excluding carboxylic acids is 2. The quantitative estimate of drug-likeness (QED) is 0.0292. The van der Waals surface area contributed by atoms with Crippen LogP contribution in [0.5, 0.6) is 0 Å². The molecular formula is C38H71O8P. The SMILES string of the molecule is CCCCC/C=C\C/C=C\CCCCCCCCCCCC(=O)O[C@H](COC(=O)CCCCCCCCCCCC)COP(=O)(O)O. The van der Waals surface area contributed by atoms with Crippen LogP contribution in [-0.4, -0.2) is 41.0 Å². The lowest BCUT2D eigenvalue weighted by Gasteiger charge is -2.18. The molecule has 0 aromatic rings. The van der Waals surface area contributed by atoms with Crippen LogP contribution >= 0.6 is 7.82 Å². The van der Waals surface area contributed by atoms with Crippen molar-refractivity contribution in [2.75, 3.05) is 13.2 Å². The molecule has 0 saturated carbocycles. The molecule has 0 fully saturated rings. The second kappa shape index (κ2) is 34.4. The van der Waals surface area contributed by atoms with E-state index >= 15 is 0 Å². The number of carbonyl (C=O) groups is 2. The number of allylic oxidation sites excluding steroid dienone is 4. The highest BCUT2D eigenvalue weighted by atomic mass is 31.2. The van der Waals surface area contributed by atoms with Gasteiger partial charge in [0.15, 0.2) is 6.10 Å². The Morgan fingerprint density at radius 1 is 0.553 bits per heavy atom. The van der Waals surface area contributed by atoms with Crippen molar-refractivity contribution < 1.29 is 37.9 Å². The number of hydrogen-bond donors (Lipinski definition) is 2. The molecule has 0 aliphatic heterocycles. The van der Waals surface area contributed by atoms with Crippen LogP contribution in [0.15, 0.2) is 24.3 Å². The van der Waals surface area contributed by atoms with Crippen LogP contribution < -0.4 is 0 Å². The fourth-order valence-corrected chi connectivity index (χ4v) is 5.70. The van der Waals surface area contributed by atoms with E-state index in [0.717, 1.165) is 51.4 Å². The average Bonchev–Trinajstić information content (AvgIpc) is 3.04. The third-order valence-corrected chi connectivity index (χ3v) is 8.71. The first kappa shape index (κ1) is 45.5. The fraction of sp³-hybridized carbons (Fsp3) is 0.842. The van der Waals surface area contributed by atoms with Gasteiger partial charge in [-0.2, -0.15) is 0 Å². The lowest BCUT2D eigenvalue weighted by Crippen LogP contribution is -2.29. The van der Waals surface area contributed by atoms with Crippen LogP contribution in [0.1, 0.15) is 187 Å². The second-order valence-electron chi connectivity index (χ2n) is 12.9. The number of rotatable bonds is 35. The number of phosphoric ester groups is 1. The van der Waals surface area contributed by atoms with Gasteiger partial charge in [0.05, 0.1) is 6.61 Å². The maximum absolute atomic E-state index is 12.4. The summed E-state index contributed by atoms with van der Waals surface area (Å²) in [4.78, 5) is 42.6. The van der Waals surface area contributed by atoms with Crippen LogP contribution in [0.2, 0.25) is 0 Å². The maximum atomic E-state index is 12.4. The van der Waals surface area contributed by atoms with Crippen LogP contribution in [-0.2, 0) is 28.2 Å². The molecule has 0 aromatic heterocycles. The second-order valence-corrected chi connectivity index (χ2v) is 14.1. The maximum Gasteiger partial charge on any atom is 0.469 e. The lowest BCUT2D eigenvalue weighted by atomic mass is 10.1. The summed E-state index contributed by atoms with van der Waals surface area (Å²) < 4.78 is 26.3. The van der Waals surface area contributed by atoms with E-state index in [0.29, 0.717) is 6.42 Å². The Bertz CT molecular complexity index is 823. The molecule has 0 spiro atoms. The number of hydrogen-bond acceptors (Lipinski definition) is 6. The minimum absolute atomic E-state index is 0.209. The predicted octanol–water partition coefficient (Wildman–Crippen LogP) is 11.2. The van der Waals surface area contributed by atoms with Crippen molar-refractivity contribution in [2.24, 2.45) is 0 Å². The molecule has 8 nitrogen and oxygen atoms in total. The Morgan fingerprint density at radius 3 is 1.45 bits per heavy atom.